The summed E-state index contributed by atoms with van der Waals surface area (Å²) in [5.41, 5.74) is -0.947. The van der Waals surface area contributed by atoms with Crippen molar-refractivity contribution in [1.29, 1.82) is 0 Å². The molecule has 0 spiro atoms. The lowest BCUT2D eigenvalue weighted by Gasteiger charge is -2.55. The molecule has 0 unspecified atom stereocenters. The molecule has 4 fully saturated rings. The summed E-state index contributed by atoms with van der Waals surface area (Å²) >= 11 is 0. The summed E-state index contributed by atoms with van der Waals surface area (Å²) in [5.74, 6) is -4.26. The predicted molar refractivity (Wildman–Crippen MR) is 173 cm³/mol. The standard InChI is InChI=1S/C34H59N3O11/c1-18-15-34(41)29(47-32-28(48-34)24(36(8)9)14-19(2)43-32)20(3)27(21(4)31(40)35-13-12-25(39)37(10)17-18)46-26-16-33(7,42-11)30(22(5)44-26)45-23(6)38/h18-22,24,26-30,32,41H,12-17H2,1-11H3,(H,35,40)/t18-,19-,20+,21-,22+,24+,26+,27+,28-,29-,30+,32+,33-,34+/m1/s1. The fourth-order valence-electron chi connectivity index (χ4n) is 7.97. The van der Waals surface area contributed by atoms with Crippen molar-refractivity contribution in [3.8, 4) is 0 Å². The average molecular weight is 686 g/mol. The van der Waals surface area contributed by atoms with Crippen LogP contribution < -0.4 is 5.32 Å². The number of hydrogen-bond acceptors (Lipinski definition) is 12. The first-order valence-corrected chi connectivity index (χ1v) is 17.3. The average Bonchev–Trinajstić information content (AvgIpc) is 2.99. The Hall–Kier alpha value is -1.91. The van der Waals surface area contributed by atoms with Crippen LogP contribution in [0.4, 0.5) is 0 Å². The van der Waals surface area contributed by atoms with Crippen LogP contribution in [0.5, 0.6) is 0 Å². The molecule has 0 aromatic rings. The monoisotopic (exact) mass is 685 g/mol. The SMILES string of the molecule is CO[C@]1(C)C[C@H](O[C@H]2[C@H](C)[C@H]3O[C@@H]4O[C@H](C)C[C@H](N(C)C)[C@H]4O[C@@]3(O)C[C@@H](C)CN(C)C(=O)CCNC(=O)[C@@H]2C)O[C@@H](C)[C@@H]1OC(C)=O. The first-order chi connectivity index (χ1) is 22.4. The van der Waals surface area contributed by atoms with Crippen molar-refractivity contribution in [3.63, 3.8) is 0 Å². The van der Waals surface area contributed by atoms with Crippen molar-refractivity contribution in [2.45, 2.75) is 141 Å². The Kier molecular flexibility index (Phi) is 12.6. The lowest BCUT2D eigenvalue weighted by atomic mass is 9.80. The summed E-state index contributed by atoms with van der Waals surface area (Å²) in [6.07, 6.45) is -4.28. The smallest absolute Gasteiger partial charge is 0.303 e. The van der Waals surface area contributed by atoms with Gasteiger partial charge in [0.05, 0.1) is 24.2 Å². The van der Waals surface area contributed by atoms with Crippen LogP contribution in [-0.4, -0.2) is 141 Å². The van der Waals surface area contributed by atoms with Crippen molar-refractivity contribution in [2.75, 3.05) is 41.3 Å². The molecule has 0 radical (unpaired) electrons. The quantitative estimate of drug-likeness (QED) is 0.405. The number of fused-ring (bicyclic) bond motifs is 2. The van der Waals surface area contributed by atoms with Crippen LogP contribution >= 0.6 is 0 Å². The number of nitrogens with one attached hydrogen (secondary N) is 1. The van der Waals surface area contributed by atoms with E-state index in [1.165, 1.54) is 6.92 Å². The third-order valence-electron chi connectivity index (χ3n) is 10.5. The third kappa shape index (κ3) is 8.51. The van der Waals surface area contributed by atoms with Gasteiger partial charge in [0.25, 0.3) is 0 Å². The van der Waals surface area contributed by atoms with E-state index in [9.17, 15) is 19.5 Å². The molecule has 4 rings (SSSR count). The fraction of sp³-hybridized carbons (Fsp3) is 0.912. The van der Waals surface area contributed by atoms with Gasteiger partial charge in [0.2, 0.25) is 11.8 Å². The minimum Gasteiger partial charge on any atom is -0.457 e. The first kappa shape index (κ1) is 38.9. The van der Waals surface area contributed by atoms with E-state index in [2.05, 4.69) is 10.2 Å². The number of esters is 1. The van der Waals surface area contributed by atoms with E-state index in [0.717, 1.165) is 0 Å². The van der Waals surface area contributed by atoms with Gasteiger partial charge < -0.3 is 53.4 Å². The number of amides is 2. The summed E-state index contributed by atoms with van der Waals surface area (Å²) in [6, 6.07) is -0.0857. The summed E-state index contributed by atoms with van der Waals surface area (Å²) in [5, 5.41) is 15.5. The second-order valence-electron chi connectivity index (χ2n) is 15.0. The summed E-state index contributed by atoms with van der Waals surface area (Å²) in [7, 11) is 7.20. The largest absolute Gasteiger partial charge is 0.457 e. The molecule has 4 aliphatic rings. The van der Waals surface area contributed by atoms with E-state index >= 15 is 0 Å². The molecule has 2 N–H and O–H groups in total. The molecule has 0 aromatic heterocycles. The lowest BCUT2D eigenvalue weighted by molar-refractivity contribution is -0.426. The van der Waals surface area contributed by atoms with Crippen LogP contribution in [0.15, 0.2) is 0 Å². The number of carbonyl (C=O) groups is 3. The number of rotatable bonds is 5. The molecule has 2 amide bonds. The highest BCUT2D eigenvalue weighted by molar-refractivity contribution is 5.80. The third-order valence-corrected chi connectivity index (χ3v) is 10.5. The maximum atomic E-state index is 13.7. The van der Waals surface area contributed by atoms with Gasteiger partial charge in [-0.25, -0.2) is 0 Å². The summed E-state index contributed by atoms with van der Waals surface area (Å²) < 4.78 is 44.1. The molecular formula is C34H59N3O11. The molecule has 0 saturated carbocycles. The number of likely N-dealkylation sites (N-methyl/N-ethyl adjacent to an activating group) is 1. The number of aliphatic hydroxyl groups is 1. The van der Waals surface area contributed by atoms with E-state index in [1.54, 1.807) is 32.9 Å². The molecule has 48 heavy (non-hydrogen) atoms. The number of ether oxygens (including phenoxy) is 7. The van der Waals surface area contributed by atoms with Crippen LogP contribution in [0, 0.1) is 17.8 Å². The summed E-state index contributed by atoms with van der Waals surface area (Å²) in [6.45, 7) is 13.1. The topological polar surface area (TPSA) is 155 Å². The van der Waals surface area contributed by atoms with Crippen LogP contribution in [0.1, 0.15) is 74.1 Å². The fourth-order valence-corrected chi connectivity index (χ4v) is 7.97. The van der Waals surface area contributed by atoms with Crippen molar-refractivity contribution >= 4 is 17.8 Å². The number of nitrogens with zero attached hydrogens (tertiary/aromatic N) is 2. The molecule has 14 nitrogen and oxygen atoms in total. The highest BCUT2D eigenvalue weighted by Crippen LogP contribution is 2.44. The lowest BCUT2D eigenvalue weighted by Crippen LogP contribution is -2.69. The van der Waals surface area contributed by atoms with E-state index in [4.69, 9.17) is 33.2 Å². The van der Waals surface area contributed by atoms with Crippen LogP contribution in [0.25, 0.3) is 0 Å². The van der Waals surface area contributed by atoms with Gasteiger partial charge in [0.15, 0.2) is 24.5 Å². The van der Waals surface area contributed by atoms with Gasteiger partial charge in [-0.05, 0) is 47.2 Å². The highest BCUT2D eigenvalue weighted by Gasteiger charge is 2.58. The number of methoxy groups -OCH3 is 1. The molecule has 4 saturated heterocycles. The van der Waals surface area contributed by atoms with Crippen LogP contribution in [-0.2, 0) is 47.5 Å². The Labute approximate surface area is 285 Å². The van der Waals surface area contributed by atoms with Gasteiger partial charge in [-0.1, -0.05) is 20.8 Å². The number of carbonyl (C=O) groups excluding carboxylic acids is 3. The van der Waals surface area contributed by atoms with Gasteiger partial charge >= 0.3 is 5.97 Å². The van der Waals surface area contributed by atoms with Crippen molar-refractivity contribution < 1.29 is 52.6 Å². The predicted octanol–water partition coefficient (Wildman–Crippen LogP) is 1.66. The summed E-state index contributed by atoms with van der Waals surface area (Å²) in [4.78, 5) is 42.2. The Morgan fingerprint density at radius 2 is 1.77 bits per heavy atom. The maximum Gasteiger partial charge on any atom is 0.303 e. The molecule has 4 aliphatic heterocycles. The van der Waals surface area contributed by atoms with Crippen molar-refractivity contribution in [1.82, 2.24) is 15.1 Å². The van der Waals surface area contributed by atoms with E-state index in [-0.39, 0.29) is 55.7 Å². The highest BCUT2D eigenvalue weighted by atomic mass is 16.8. The Balaban J connectivity index is 1.73. The maximum absolute atomic E-state index is 13.7. The van der Waals surface area contributed by atoms with Crippen molar-refractivity contribution in [2.24, 2.45) is 17.8 Å². The Morgan fingerprint density at radius 3 is 2.40 bits per heavy atom. The van der Waals surface area contributed by atoms with Gasteiger partial charge in [0, 0.05) is 65.4 Å². The van der Waals surface area contributed by atoms with Crippen LogP contribution in [0.3, 0.4) is 0 Å². The molecule has 4 heterocycles. The van der Waals surface area contributed by atoms with E-state index < -0.39 is 72.3 Å². The van der Waals surface area contributed by atoms with Gasteiger partial charge in [-0.15, -0.1) is 0 Å². The second kappa shape index (κ2) is 15.5. The normalized spacial score (nSPS) is 45.1. The molecule has 276 valence electrons. The second-order valence-corrected chi connectivity index (χ2v) is 15.0. The van der Waals surface area contributed by atoms with Gasteiger partial charge in [-0.3, -0.25) is 14.4 Å². The van der Waals surface area contributed by atoms with Crippen molar-refractivity contribution in [3.05, 3.63) is 0 Å². The van der Waals surface area contributed by atoms with E-state index in [0.29, 0.717) is 13.0 Å². The van der Waals surface area contributed by atoms with Crippen LogP contribution in [0.2, 0.25) is 0 Å². The molecule has 0 aromatic carbocycles. The minimum atomic E-state index is -1.81. The zero-order valence-corrected chi connectivity index (χ0v) is 30.6. The molecule has 14 heteroatoms. The Morgan fingerprint density at radius 1 is 1.08 bits per heavy atom. The molecular weight excluding hydrogens is 626 g/mol. The number of hydrogen-bond donors (Lipinski definition) is 2. The molecule has 0 aliphatic carbocycles. The first-order valence-electron chi connectivity index (χ1n) is 17.3. The van der Waals surface area contributed by atoms with Gasteiger partial charge in [-0.2, -0.15) is 0 Å². The Bertz CT molecular complexity index is 1140. The zero-order chi connectivity index (χ0) is 35.7. The van der Waals surface area contributed by atoms with E-state index in [1.807, 2.05) is 41.8 Å². The minimum absolute atomic E-state index is 0.0857. The van der Waals surface area contributed by atoms with Gasteiger partial charge in [0.1, 0.15) is 17.8 Å². The molecule has 14 atom stereocenters. The zero-order valence-electron chi connectivity index (χ0n) is 30.6. The molecule has 0 bridgehead atoms.